The van der Waals surface area contributed by atoms with E-state index in [1.165, 1.54) is 0 Å². The Morgan fingerprint density at radius 3 is 1.89 bits per heavy atom. The Bertz CT molecular complexity index is 243. The van der Waals surface area contributed by atoms with Crippen LogP contribution in [0.5, 0.6) is 0 Å². The molecule has 0 saturated heterocycles. The number of rotatable bonds is 9. The second-order valence-electron chi connectivity index (χ2n) is 6.63. The van der Waals surface area contributed by atoms with Crippen LogP contribution < -0.4 is 0 Å². The second-order valence-corrected chi connectivity index (χ2v) is 6.63. The van der Waals surface area contributed by atoms with E-state index in [9.17, 15) is 10.2 Å². The maximum atomic E-state index is 10.3. The van der Waals surface area contributed by atoms with Crippen molar-refractivity contribution in [2.24, 2.45) is 11.8 Å². The van der Waals surface area contributed by atoms with Gasteiger partial charge in [0.1, 0.15) is 0 Å². The van der Waals surface area contributed by atoms with E-state index in [2.05, 4.69) is 27.4 Å². The molecule has 108 valence electrons. The Hall–Kier alpha value is -0.340. The molecule has 0 aliphatic carbocycles. The summed E-state index contributed by atoms with van der Waals surface area (Å²) in [5.74, 6) is 0.830. The van der Waals surface area contributed by atoms with Crippen LogP contribution in [-0.4, -0.2) is 21.4 Å². The second kappa shape index (κ2) is 7.30. The molecule has 0 heterocycles. The summed E-state index contributed by atoms with van der Waals surface area (Å²) < 4.78 is 0. The van der Waals surface area contributed by atoms with Crippen LogP contribution in [0.25, 0.3) is 0 Å². The van der Waals surface area contributed by atoms with Gasteiger partial charge in [0.2, 0.25) is 0 Å². The molecule has 0 saturated carbocycles. The minimum atomic E-state index is -0.715. The van der Waals surface area contributed by atoms with Crippen LogP contribution in [0.15, 0.2) is 12.7 Å². The lowest BCUT2D eigenvalue weighted by Crippen LogP contribution is -2.33. The van der Waals surface area contributed by atoms with Crippen molar-refractivity contribution >= 4 is 0 Å². The zero-order chi connectivity index (χ0) is 14.4. The first-order chi connectivity index (χ1) is 8.12. The molecule has 0 rings (SSSR count). The fraction of sp³-hybridized carbons (Fsp3) is 0.875. The lowest BCUT2D eigenvalue weighted by atomic mass is 9.82. The standard InChI is InChI=1S/C16H32O2/c1-7-13(3)11-15(5,17)9-10-16(6,18)12-14(4)8-2/h7,13-14,17-18H,1,8-12H2,2-6H3. The first-order valence-electron chi connectivity index (χ1n) is 7.19. The monoisotopic (exact) mass is 256 g/mol. The average molecular weight is 256 g/mol. The highest BCUT2D eigenvalue weighted by molar-refractivity contribution is 4.86. The molecule has 2 heteroatoms. The van der Waals surface area contributed by atoms with Crippen molar-refractivity contribution in [1.82, 2.24) is 0 Å². The first-order valence-corrected chi connectivity index (χ1v) is 7.19. The van der Waals surface area contributed by atoms with Gasteiger partial charge in [-0.1, -0.05) is 33.3 Å². The zero-order valence-corrected chi connectivity index (χ0v) is 12.9. The quantitative estimate of drug-likeness (QED) is 0.614. The highest BCUT2D eigenvalue weighted by atomic mass is 16.3. The van der Waals surface area contributed by atoms with Crippen LogP contribution in [0.4, 0.5) is 0 Å². The van der Waals surface area contributed by atoms with Gasteiger partial charge in [0.25, 0.3) is 0 Å². The topological polar surface area (TPSA) is 40.5 Å². The molecule has 2 N–H and O–H groups in total. The van der Waals surface area contributed by atoms with Crippen molar-refractivity contribution < 1.29 is 10.2 Å². The fourth-order valence-corrected chi connectivity index (χ4v) is 2.41. The van der Waals surface area contributed by atoms with E-state index in [0.29, 0.717) is 31.1 Å². The minimum absolute atomic E-state index is 0.305. The summed E-state index contributed by atoms with van der Waals surface area (Å²) in [6, 6.07) is 0. The van der Waals surface area contributed by atoms with Gasteiger partial charge < -0.3 is 10.2 Å². The number of allylic oxidation sites excluding steroid dienone is 1. The SMILES string of the molecule is C=CC(C)CC(C)(O)CCC(C)(O)CC(C)CC. The average Bonchev–Trinajstić information content (AvgIpc) is 2.25. The van der Waals surface area contributed by atoms with E-state index in [-0.39, 0.29) is 0 Å². The third-order valence-electron chi connectivity index (χ3n) is 3.85. The summed E-state index contributed by atoms with van der Waals surface area (Å²) in [7, 11) is 0. The summed E-state index contributed by atoms with van der Waals surface area (Å²) >= 11 is 0. The molecular weight excluding hydrogens is 224 g/mol. The van der Waals surface area contributed by atoms with Crippen LogP contribution in [0.2, 0.25) is 0 Å². The highest BCUT2D eigenvalue weighted by Crippen LogP contribution is 2.29. The van der Waals surface area contributed by atoms with Crippen molar-refractivity contribution in [3.63, 3.8) is 0 Å². The van der Waals surface area contributed by atoms with Crippen LogP contribution >= 0.6 is 0 Å². The molecule has 0 aliphatic heterocycles. The summed E-state index contributed by atoms with van der Waals surface area (Å²) in [4.78, 5) is 0. The Balaban J connectivity index is 4.23. The van der Waals surface area contributed by atoms with Crippen LogP contribution in [0.1, 0.15) is 66.7 Å². The minimum Gasteiger partial charge on any atom is -0.390 e. The van der Waals surface area contributed by atoms with E-state index in [4.69, 9.17) is 0 Å². The maximum absolute atomic E-state index is 10.3. The Kier molecular flexibility index (Phi) is 7.16. The van der Waals surface area contributed by atoms with E-state index < -0.39 is 11.2 Å². The lowest BCUT2D eigenvalue weighted by Gasteiger charge is -2.32. The molecule has 2 nitrogen and oxygen atoms in total. The van der Waals surface area contributed by atoms with E-state index >= 15 is 0 Å². The Morgan fingerprint density at radius 1 is 1.06 bits per heavy atom. The molecule has 0 amide bonds. The molecule has 0 aromatic rings. The predicted molar refractivity (Wildman–Crippen MR) is 78.5 cm³/mol. The van der Waals surface area contributed by atoms with Crippen LogP contribution in [0.3, 0.4) is 0 Å². The molecule has 18 heavy (non-hydrogen) atoms. The van der Waals surface area contributed by atoms with Crippen molar-refractivity contribution in [1.29, 1.82) is 0 Å². The Labute approximate surface area is 113 Å². The van der Waals surface area contributed by atoms with Gasteiger partial charge in [-0.2, -0.15) is 0 Å². The maximum Gasteiger partial charge on any atom is 0.0626 e. The summed E-state index contributed by atoms with van der Waals surface area (Å²) in [5.41, 5.74) is -1.39. The number of aliphatic hydroxyl groups is 2. The van der Waals surface area contributed by atoms with Gasteiger partial charge in [-0.15, -0.1) is 6.58 Å². The number of hydrogen-bond donors (Lipinski definition) is 2. The molecule has 4 atom stereocenters. The molecule has 0 aliphatic rings. The summed E-state index contributed by atoms with van der Waals surface area (Å²) in [5, 5.41) is 20.7. The molecule has 4 unspecified atom stereocenters. The number of hydrogen-bond acceptors (Lipinski definition) is 2. The van der Waals surface area contributed by atoms with Gasteiger partial charge in [0, 0.05) is 0 Å². The van der Waals surface area contributed by atoms with Gasteiger partial charge in [-0.05, 0) is 51.4 Å². The lowest BCUT2D eigenvalue weighted by molar-refractivity contribution is -0.0212. The van der Waals surface area contributed by atoms with Crippen LogP contribution in [0, 0.1) is 11.8 Å². The third-order valence-corrected chi connectivity index (χ3v) is 3.85. The van der Waals surface area contributed by atoms with Gasteiger partial charge >= 0.3 is 0 Å². The van der Waals surface area contributed by atoms with Crippen LogP contribution in [-0.2, 0) is 0 Å². The summed E-state index contributed by atoms with van der Waals surface area (Å²) in [6.07, 6.45) is 5.74. The largest absolute Gasteiger partial charge is 0.390 e. The van der Waals surface area contributed by atoms with E-state index in [0.717, 1.165) is 12.8 Å². The first kappa shape index (κ1) is 17.7. The summed E-state index contributed by atoms with van der Waals surface area (Å²) in [6.45, 7) is 13.8. The molecule has 0 spiro atoms. The van der Waals surface area contributed by atoms with Crippen molar-refractivity contribution in [2.75, 3.05) is 0 Å². The highest BCUT2D eigenvalue weighted by Gasteiger charge is 2.29. The molecular formula is C16H32O2. The van der Waals surface area contributed by atoms with Gasteiger partial charge in [0.05, 0.1) is 11.2 Å². The molecule has 0 fully saturated rings. The van der Waals surface area contributed by atoms with Gasteiger partial charge in [-0.3, -0.25) is 0 Å². The molecule has 0 radical (unpaired) electrons. The van der Waals surface area contributed by atoms with Crippen molar-refractivity contribution in [2.45, 2.75) is 77.9 Å². The van der Waals surface area contributed by atoms with Gasteiger partial charge in [-0.25, -0.2) is 0 Å². The van der Waals surface area contributed by atoms with E-state index in [1.54, 1.807) is 0 Å². The predicted octanol–water partition coefficient (Wildman–Crippen LogP) is 3.92. The third kappa shape index (κ3) is 7.88. The molecule has 0 aromatic carbocycles. The van der Waals surface area contributed by atoms with E-state index in [1.807, 2.05) is 19.9 Å². The Morgan fingerprint density at radius 2 is 1.50 bits per heavy atom. The fourth-order valence-electron chi connectivity index (χ4n) is 2.41. The smallest absolute Gasteiger partial charge is 0.0626 e. The van der Waals surface area contributed by atoms with Crippen molar-refractivity contribution in [3.05, 3.63) is 12.7 Å². The zero-order valence-electron chi connectivity index (χ0n) is 12.9. The van der Waals surface area contributed by atoms with Gasteiger partial charge in [0.15, 0.2) is 0 Å². The molecule has 0 bridgehead atoms. The van der Waals surface area contributed by atoms with Crippen molar-refractivity contribution in [3.8, 4) is 0 Å². The molecule has 0 aromatic heterocycles. The normalized spacial score (nSPS) is 21.7.